The zero-order valence-electron chi connectivity index (χ0n) is 12.6. The Labute approximate surface area is 141 Å². The van der Waals surface area contributed by atoms with E-state index in [1.165, 1.54) is 0 Å². The topological polar surface area (TPSA) is 90.5 Å². The number of rotatable bonds is 9. The number of nitrogens with one attached hydrogen (secondary N) is 3. The van der Waals surface area contributed by atoms with Crippen LogP contribution in [0.5, 0.6) is 0 Å². The molecular formula is C14H21ClFN3O3S. The Bertz CT molecular complexity index is 616. The number of halogens is 2. The van der Waals surface area contributed by atoms with E-state index in [2.05, 4.69) is 16.0 Å². The van der Waals surface area contributed by atoms with E-state index in [4.69, 9.17) is 11.6 Å². The molecule has 0 spiro atoms. The molecule has 1 heterocycles. The first-order valence-electron chi connectivity index (χ1n) is 7.42. The van der Waals surface area contributed by atoms with Gasteiger partial charge in [0.1, 0.15) is 16.3 Å². The number of aliphatic hydroxyl groups is 1. The van der Waals surface area contributed by atoms with Crippen molar-refractivity contribution in [3.63, 3.8) is 0 Å². The lowest BCUT2D eigenvalue weighted by molar-refractivity contribution is -0.00821. The number of hydrogen-bond acceptors (Lipinski definition) is 6. The summed E-state index contributed by atoms with van der Waals surface area (Å²) in [6, 6.07) is 2.21. The quantitative estimate of drug-likeness (QED) is 0.324. The summed E-state index contributed by atoms with van der Waals surface area (Å²) in [5.41, 5.74) is -0.235. The maximum absolute atomic E-state index is 13.6. The molecular weight excluding hydrogens is 345 g/mol. The van der Waals surface area contributed by atoms with E-state index in [9.17, 15) is 17.9 Å². The van der Waals surface area contributed by atoms with Crippen molar-refractivity contribution in [2.75, 3.05) is 38.0 Å². The van der Waals surface area contributed by atoms with Gasteiger partial charge in [-0.25, -0.2) is 12.8 Å². The molecule has 1 saturated heterocycles. The summed E-state index contributed by atoms with van der Waals surface area (Å²) >= 11 is 5.94. The van der Waals surface area contributed by atoms with Gasteiger partial charge in [0.25, 0.3) is 0 Å². The molecule has 0 bridgehead atoms. The van der Waals surface area contributed by atoms with Crippen molar-refractivity contribution < 1.29 is 17.9 Å². The Morgan fingerprint density at radius 3 is 2.61 bits per heavy atom. The Hall–Kier alpha value is -0.930. The summed E-state index contributed by atoms with van der Waals surface area (Å²) in [7, 11) is -2.99. The van der Waals surface area contributed by atoms with E-state index in [0.717, 1.165) is 31.5 Å². The summed E-state index contributed by atoms with van der Waals surface area (Å²) in [4.78, 5) is -0.400. The normalized spacial score (nSPS) is 16.3. The highest BCUT2D eigenvalue weighted by molar-refractivity contribution is 7.72. The fraction of sp³-hybridized carbons (Fsp3) is 0.571. The molecule has 0 saturated carbocycles. The Kier molecular flexibility index (Phi) is 6.60. The average Bonchev–Trinajstić information content (AvgIpc) is 2.47. The van der Waals surface area contributed by atoms with Gasteiger partial charge in [0.15, 0.2) is 10.7 Å². The molecule has 1 aromatic carbocycles. The lowest BCUT2D eigenvalue weighted by Crippen LogP contribution is -2.64. The average molecular weight is 366 g/mol. The van der Waals surface area contributed by atoms with Crippen LogP contribution in [0.25, 0.3) is 0 Å². The van der Waals surface area contributed by atoms with Crippen molar-refractivity contribution in [1.82, 2.24) is 10.6 Å². The molecule has 0 aliphatic carbocycles. The summed E-state index contributed by atoms with van der Waals surface area (Å²) in [5.74, 6) is -0.808. The van der Waals surface area contributed by atoms with Gasteiger partial charge < -0.3 is 21.1 Å². The molecule has 9 heteroatoms. The van der Waals surface area contributed by atoms with Gasteiger partial charge in [0.2, 0.25) is 0 Å². The molecule has 1 aromatic rings. The van der Waals surface area contributed by atoms with Crippen molar-refractivity contribution in [2.45, 2.75) is 23.3 Å². The number of unbranched alkanes of at least 4 members (excludes halogenated alkanes) is 1. The van der Waals surface area contributed by atoms with Gasteiger partial charge in [-0.3, -0.25) is 0 Å². The second-order valence-electron chi connectivity index (χ2n) is 5.68. The molecule has 1 aliphatic rings. The minimum atomic E-state index is -2.99. The van der Waals surface area contributed by atoms with Gasteiger partial charge >= 0.3 is 0 Å². The lowest BCUT2D eigenvalue weighted by Gasteiger charge is -2.37. The standard InChI is InChI=1S/C14H21ClFN3O3S/c15-10-5-13(23(21)22)11(16)6-12(10)19-4-2-1-3-17-7-14(20)8-18-9-14/h5-6,17-20,23H,1-4,7-9H2. The number of anilines is 1. The van der Waals surface area contributed by atoms with E-state index in [1.807, 2.05) is 0 Å². The van der Waals surface area contributed by atoms with E-state index in [-0.39, 0.29) is 5.02 Å². The highest BCUT2D eigenvalue weighted by Crippen LogP contribution is 2.26. The first kappa shape index (κ1) is 18.4. The molecule has 130 valence electrons. The monoisotopic (exact) mass is 365 g/mol. The first-order valence-corrected chi connectivity index (χ1v) is 8.98. The molecule has 0 aromatic heterocycles. The zero-order chi connectivity index (χ0) is 16.9. The molecule has 0 amide bonds. The Morgan fingerprint density at radius 1 is 1.30 bits per heavy atom. The van der Waals surface area contributed by atoms with Crippen LogP contribution in [0.2, 0.25) is 5.02 Å². The van der Waals surface area contributed by atoms with Crippen molar-refractivity contribution in [2.24, 2.45) is 0 Å². The van der Waals surface area contributed by atoms with Gasteiger partial charge in [-0.1, -0.05) is 11.6 Å². The van der Waals surface area contributed by atoms with Crippen molar-refractivity contribution in [3.05, 3.63) is 23.0 Å². The molecule has 4 N–H and O–H groups in total. The summed E-state index contributed by atoms with van der Waals surface area (Å²) < 4.78 is 35.2. The Balaban J connectivity index is 1.67. The van der Waals surface area contributed by atoms with Crippen LogP contribution >= 0.6 is 11.6 Å². The maximum atomic E-state index is 13.6. The fourth-order valence-corrected chi connectivity index (χ4v) is 3.05. The second-order valence-corrected chi connectivity index (χ2v) is 7.08. The van der Waals surface area contributed by atoms with E-state index in [0.29, 0.717) is 31.9 Å². The van der Waals surface area contributed by atoms with E-state index >= 15 is 0 Å². The molecule has 0 radical (unpaired) electrons. The number of thiol groups is 1. The second kappa shape index (κ2) is 8.25. The van der Waals surface area contributed by atoms with Gasteiger partial charge in [-0.15, -0.1) is 0 Å². The summed E-state index contributed by atoms with van der Waals surface area (Å²) in [6.07, 6.45) is 1.72. The van der Waals surface area contributed by atoms with Crippen molar-refractivity contribution in [1.29, 1.82) is 0 Å². The minimum absolute atomic E-state index is 0.179. The third kappa shape index (κ3) is 5.29. The minimum Gasteiger partial charge on any atom is -0.386 e. The molecule has 23 heavy (non-hydrogen) atoms. The zero-order valence-corrected chi connectivity index (χ0v) is 14.2. The van der Waals surface area contributed by atoms with Crippen LogP contribution in [0.4, 0.5) is 10.1 Å². The van der Waals surface area contributed by atoms with E-state index in [1.54, 1.807) is 0 Å². The van der Waals surface area contributed by atoms with Crippen LogP contribution in [0, 0.1) is 5.82 Å². The smallest absolute Gasteiger partial charge is 0.171 e. The largest absolute Gasteiger partial charge is 0.386 e. The van der Waals surface area contributed by atoms with Crippen LogP contribution in [0.15, 0.2) is 17.0 Å². The first-order chi connectivity index (χ1) is 10.9. The third-order valence-electron chi connectivity index (χ3n) is 3.69. The van der Waals surface area contributed by atoms with Crippen molar-refractivity contribution >= 4 is 28.0 Å². The van der Waals surface area contributed by atoms with Crippen LogP contribution in [0.1, 0.15) is 12.8 Å². The lowest BCUT2D eigenvalue weighted by atomic mass is 9.97. The van der Waals surface area contributed by atoms with E-state index < -0.39 is 27.0 Å². The predicted molar refractivity (Wildman–Crippen MR) is 88.4 cm³/mol. The highest BCUT2D eigenvalue weighted by Gasteiger charge is 2.33. The van der Waals surface area contributed by atoms with Gasteiger partial charge in [-0.2, -0.15) is 0 Å². The van der Waals surface area contributed by atoms with Gasteiger partial charge in [0, 0.05) is 26.2 Å². The number of benzene rings is 1. The molecule has 0 unspecified atom stereocenters. The highest BCUT2D eigenvalue weighted by atomic mass is 35.5. The molecule has 1 fully saturated rings. The molecule has 6 nitrogen and oxygen atoms in total. The number of β-amino-alcohol motifs (C(OH)–C–C–N with tert-alkyl or cyclic N) is 1. The van der Waals surface area contributed by atoms with Crippen LogP contribution < -0.4 is 16.0 Å². The third-order valence-corrected chi connectivity index (χ3v) is 4.74. The van der Waals surface area contributed by atoms with Gasteiger partial charge in [0.05, 0.1) is 10.7 Å². The maximum Gasteiger partial charge on any atom is 0.171 e. The van der Waals surface area contributed by atoms with Crippen molar-refractivity contribution in [3.8, 4) is 0 Å². The number of hydrogen-bond donors (Lipinski definition) is 5. The van der Waals surface area contributed by atoms with Crippen LogP contribution in [-0.2, 0) is 10.7 Å². The fourth-order valence-electron chi connectivity index (χ4n) is 2.27. The van der Waals surface area contributed by atoms with Gasteiger partial charge in [-0.05, 0) is 31.5 Å². The van der Waals surface area contributed by atoms with Crippen LogP contribution in [-0.4, -0.2) is 51.8 Å². The molecule has 0 atom stereocenters. The molecule has 2 rings (SSSR count). The predicted octanol–water partition coefficient (Wildman–Crippen LogP) is 0.565. The SMILES string of the molecule is O=[SH](=O)c1cc(Cl)c(NCCCCNCC2(O)CNC2)cc1F. The Morgan fingerprint density at radius 2 is 2.00 bits per heavy atom. The summed E-state index contributed by atoms with van der Waals surface area (Å²) in [5, 5.41) is 19.2. The summed E-state index contributed by atoms with van der Waals surface area (Å²) in [6.45, 7) is 3.18. The molecule has 1 aliphatic heterocycles. The van der Waals surface area contributed by atoms with Crippen LogP contribution in [0.3, 0.4) is 0 Å².